The van der Waals surface area contributed by atoms with Crippen molar-refractivity contribution in [2.24, 2.45) is 0 Å². The molecular formula is C20H22N2O3. The molecule has 1 aliphatic heterocycles. The van der Waals surface area contributed by atoms with Crippen molar-refractivity contribution in [1.29, 1.82) is 0 Å². The molecule has 1 aliphatic rings. The van der Waals surface area contributed by atoms with Gasteiger partial charge in [-0.2, -0.15) is 0 Å². The molecule has 1 saturated heterocycles. The molecule has 3 heterocycles. The van der Waals surface area contributed by atoms with Gasteiger partial charge in [-0.25, -0.2) is 0 Å². The van der Waals surface area contributed by atoms with Gasteiger partial charge in [0.25, 0.3) is 5.91 Å². The second kappa shape index (κ2) is 6.76. The topological polar surface area (TPSA) is 58.6 Å². The highest BCUT2D eigenvalue weighted by Crippen LogP contribution is 2.27. The SMILES string of the molecule is Cc1c(C(=O)NCC(c2ccco2)N2CCCC2)oc2ccccc12. The Bertz CT molecular complexity index is 860. The monoisotopic (exact) mass is 338 g/mol. The van der Waals surface area contributed by atoms with Gasteiger partial charge in [-0.3, -0.25) is 9.69 Å². The minimum atomic E-state index is -0.176. The Morgan fingerprint density at radius 1 is 1.20 bits per heavy atom. The molecule has 0 bridgehead atoms. The van der Waals surface area contributed by atoms with Crippen molar-refractivity contribution in [2.75, 3.05) is 19.6 Å². The van der Waals surface area contributed by atoms with Crippen LogP contribution in [0.25, 0.3) is 11.0 Å². The second-order valence-electron chi connectivity index (χ2n) is 6.54. The predicted octanol–water partition coefficient (Wildman–Crippen LogP) is 3.90. The van der Waals surface area contributed by atoms with E-state index in [1.807, 2.05) is 43.3 Å². The van der Waals surface area contributed by atoms with Crippen LogP contribution in [0.3, 0.4) is 0 Å². The van der Waals surface area contributed by atoms with Gasteiger partial charge in [-0.1, -0.05) is 18.2 Å². The first kappa shape index (κ1) is 16.0. The highest BCUT2D eigenvalue weighted by Gasteiger charge is 2.27. The lowest BCUT2D eigenvalue weighted by atomic mass is 10.1. The van der Waals surface area contributed by atoms with Gasteiger partial charge >= 0.3 is 0 Å². The minimum absolute atomic E-state index is 0.0612. The van der Waals surface area contributed by atoms with Crippen LogP contribution in [0.5, 0.6) is 0 Å². The van der Waals surface area contributed by atoms with Crippen molar-refractivity contribution in [3.05, 3.63) is 59.7 Å². The maximum atomic E-state index is 12.7. The summed E-state index contributed by atoms with van der Waals surface area (Å²) in [5.41, 5.74) is 1.62. The molecule has 1 atom stereocenters. The highest BCUT2D eigenvalue weighted by molar-refractivity contribution is 5.98. The largest absolute Gasteiger partial charge is 0.468 e. The van der Waals surface area contributed by atoms with E-state index < -0.39 is 0 Å². The molecule has 1 N–H and O–H groups in total. The van der Waals surface area contributed by atoms with Crippen LogP contribution in [0, 0.1) is 6.92 Å². The summed E-state index contributed by atoms with van der Waals surface area (Å²) >= 11 is 0. The summed E-state index contributed by atoms with van der Waals surface area (Å²) in [4.78, 5) is 15.0. The van der Waals surface area contributed by atoms with Gasteiger partial charge in [0.05, 0.1) is 12.3 Å². The quantitative estimate of drug-likeness (QED) is 0.766. The van der Waals surface area contributed by atoms with E-state index in [-0.39, 0.29) is 11.9 Å². The number of nitrogens with one attached hydrogen (secondary N) is 1. The van der Waals surface area contributed by atoms with Crippen LogP contribution in [0.1, 0.15) is 40.8 Å². The second-order valence-corrected chi connectivity index (χ2v) is 6.54. The van der Waals surface area contributed by atoms with Crippen LogP contribution in [-0.4, -0.2) is 30.4 Å². The molecule has 2 aromatic heterocycles. The zero-order valence-electron chi connectivity index (χ0n) is 14.3. The van der Waals surface area contributed by atoms with Crippen LogP contribution >= 0.6 is 0 Å². The van der Waals surface area contributed by atoms with E-state index in [4.69, 9.17) is 8.83 Å². The number of fused-ring (bicyclic) bond motifs is 1. The van der Waals surface area contributed by atoms with Gasteiger partial charge in [-0.05, 0) is 51.1 Å². The molecule has 5 nitrogen and oxygen atoms in total. The van der Waals surface area contributed by atoms with E-state index in [0.717, 1.165) is 35.4 Å². The van der Waals surface area contributed by atoms with Crippen molar-refractivity contribution in [1.82, 2.24) is 10.2 Å². The molecule has 0 aliphatic carbocycles. The Hall–Kier alpha value is -2.53. The van der Waals surface area contributed by atoms with E-state index in [0.29, 0.717) is 12.3 Å². The Labute approximate surface area is 146 Å². The molecule has 1 amide bonds. The lowest BCUT2D eigenvalue weighted by Crippen LogP contribution is -2.36. The van der Waals surface area contributed by atoms with Crippen molar-refractivity contribution in [3.63, 3.8) is 0 Å². The third-order valence-corrected chi connectivity index (χ3v) is 4.96. The summed E-state index contributed by atoms with van der Waals surface area (Å²) in [6.07, 6.45) is 4.06. The number of aryl methyl sites for hydroxylation is 1. The summed E-state index contributed by atoms with van der Waals surface area (Å²) in [5.74, 6) is 1.11. The average molecular weight is 338 g/mol. The Balaban J connectivity index is 1.52. The van der Waals surface area contributed by atoms with Crippen LogP contribution in [0.4, 0.5) is 0 Å². The van der Waals surface area contributed by atoms with Gasteiger partial charge in [0.1, 0.15) is 11.3 Å². The maximum absolute atomic E-state index is 12.7. The van der Waals surface area contributed by atoms with Crippen LogP contribution < -0.4 is 5.32 Å². The highest BCUT2D eigenvalue weighted by atomic mass is 16.3. The molecule has 1 aromatic carbocycles. The normalized spacial score (nSPS) is 16.4. The van der Waals surface area contributed by atoms with Crippen LogP contribution in [0.2, 0.25) is 0 Å². The first-order valence-electron chi connectivity index (χ1n) is 8.78. The fourth-order valence-corrected chi connectivity index (χ4v) is 3.60. The predicted molar refractivity (Wildman–Crippen MR) is 95.5 cm³/mol. The van der Waals surface area contributed by atoms with E-state index in [1.54, 1.807) is 6.26 Å². The smallest absolute Gasteiger partial charge is 0.287 e. The molecular weight excluding hydrogens is 316 g/mol. The molecule has 0 saturated carbocycles. The molecule has 25 heavy (non-hydrogen) atoms. The molecule has 0 radical (unpaired) electrons. The number of nitrogens with zero attached hydrogens (tertiary/aromatic N) is 1. The van der Waals surface area contributed by atoms with E-state index in [2.05, 4.69) is 10.2 Å². The van der Waals surface area contributed by atoms with Gasteiger partial charge in [-0.15, -0.1) is 0 Å². The molecule has 130 valence electrons. The number of para-hydroxylation sites is 1. The minimum Gasteiger partial charge on any atom is -0.468 e. The van der Waals surface area contributed by atoms with Gasteiger partial charge in [0.15, 0.2) is 5.76 Å². The number of amides is 1. The number of carbonyl (C=O) groups excluding carboxylic acids is 1. The van der Waals surface area contributed by atoms with E-state index in [9.17, 15) is 4.79 Å². The van der Waals surface area contributed by atoms with Gasteiger partial charge in [0, 0.05) is 17.5 Å². The summed E-state index contributed by atoms with van der Waals surface area (Å²) in [6, 6.07) is 11.6. The zero-order chi connectivity index (χ0) is 17.2. The van der Waals surface area contributed by atoms with Crippen molar-refractivity contribution >= 4 is 16.9 Å². The summed E-state index contributed by atoms with van der Waals surface area (Å²) < 4.78 is 11.4. The van der Waals surface area contributed by atoms with Crippen LogP contribution in [0.15, 0.2) is 51.5 Å². The molecule has 5 heteroatoms. The number of carbonyl (C=O) groups is 1. The molecule has 0 spiro atoms. The number of hydrogen-bond donors (Lipinski definition) is 1. The third-order valence-electron chi connectivity index (χ3n) is 4.96. The Kier molecular flexibility index (Phi) is 4.32. The average Bonchev–Trinajstić information content (AvgIpc) is 3.37. The fourth-order valence-electron chi connectivity index (χ4n) is 3.60. The van der Waals surface area contributed by atoms with Gasteiger partial charge in [0.2, 0.25) is 0 Å². The fraction of sp³-hybridized carbons (Fsp3) is 0.350. The van der Waals surface area contributed by atoms with Gasteiger partial charge < -0.3 is 14.2 Å². The summed E-state index contributed by atoms with van der Waals surface area (Å²) in [5, 5.41) is 4.01. The van der Waals surface area contributed by atoms with E-state index >= 15 is 0 Å². The summed E-state index contributed by atoms with van der Waals surface area (Å²) in [6.45, 7) is 4.49. The first-order chi connectivity index (χ1) is 12.2. The zero-order valence-corrected chi connectivity index (χ0v) is 14.3. The summed E-state index contributed by atoms with van der Waals surface area (Å²) in [7, 11) is 0. The van der Waals surface area contributed by atoms with E-state index in [1.165, 1.54) is 12.8 Å². The Morgan fingerprint density at radius 3 is 2.72 bits per heavy atom. The van der Waals surface area contributed by atoms with Crippen molar-refractivity contribution in [3.8, 4) is 0 Å². The lowest BCUT2D eigenvalue weighted by Gasteiger charge is -2.25. The standard InChI is InChI=1S/C20H22N2O3/c1-14-15-7-2-3-8-17(15)25-19(14)20(23)21-13-16(18-9-6-12-24-18)22-10-4-5-11-22/h2-3,6-9,12,16H,4-5,10-11,13H2,1H3,(H,21,23). The molecule has 4 rings (SSSR count). The number of likely N-dealkylation sites (tertiary alicyclic amines) is 1. The Morgan fingerprint density at radius 2 is 2.00 bits per heavy atom. The molecule has 1 fully saturated rings. The maximum Gasteiger partial charge on any atom is 0.287 e. The number of hydrogen-bond acceptors (Lipinski definition) is 4. The lowest BCUT2D eigenvalue weighted by molar-refractivity contribution is 0.0907. The first-order valence-corrected chi connectivity index (χ1v) is 8.78. The molecule has 3 aromatic rings. The van der Waals surface area contributed by atoms with Crippen LogP contribution in [-0.2, 0) is 0 Å². The number of benzene rings is 1. The van der Waals surface area contributed by atoms with Crippen molar-refractivity contribution in [2.45, 2.75) is 25.8 Å². The van der Waals surface area contributed by atoms with Crippen molar-refractivity contribution < 1.29 is 13.6 Å². The number of furan rings is 2. The number of rotatable bonds is 5. The third kappa shape index (κ3) is 3.07. The molecule has 1 unspecified atom stereocenters.